The summed E-state index contributed by atoms with van der Waals surface area (Å²) in [5.74, 6) is 2.45. The second-order valence-electron chi connectivity index (χ2n) is 14.5. The predicted octanol–water partition coefficient (Wildman–Crippen LogP) is 14.2. The Kier molecular flexibility index (Phi) is 8.74. The van der Waals surface area contributed by atoms with Crippen molar-refractivity contribution in [3.63, 3.8) is 0 Å². The second-order valence-corrected chi connectivity index (χ2v) is 15.5. The lowest BCUT2D eigenvalue weighted by Gasteiger charge is -2.16. The number of fused-ring (bicyclic) bond motifs is 3. The lowest BCUT2D eigenvalue weighted by Crippen LogP contribution is -2.02. The molecule has 0 aliphatic heterocycles. The van der Waals surface area contributed by atoms with Gasteiger partial charge in [0, 0.05) is 36.9 Å². The number of thiophene rings is 1. The molecular weight excluding hydrogens is 699 g/mol. The van der Waals surface area contributed by atoms with Crippen LogP contribution >= 0.6 is 11.3 Å². The quantitative estimate of drug-likeness (QED) is 0.164. The first-order valence-corrected chi connectivity index (χ1v) is 20.0. The van der Waals surface area contributed by atoms with Gasteiger partial charge in [-0.3, -0.25) is 0 Å². The minimum atomic E-state index is 0.481. The average molecular weight is 736 g/mol. The Morgan fingerprint density at radius 3 is 1.75 bits per heavy atom. The first-order chi connectivity index (χ1) is 27.6. The summed E-state index contributed by atoms with van der Waals surface area (Å²) in [7, 11) is 0. The lowest BCUT2D eigenvalue weighted by atomic mass is 9.91. The molecule has 1 aliphatic rings. The van der Waals surface area contributed by atoms with Crippen molar-refractivity contribution < 1.29 is 0 Å². The van der Waals surface area contributed by atoms with E-state index in [2.05, 4.69) is 177 Å². The van der Waals surface area contributed by atoms with Crippen LogP contribution in [0.2, 0.25) is 0 Å². The van der Waals surface area contributed by atoms with Gasteiger partial charge in [0.25, 0.3) is 0 Å². The van der Waals surface area contributed by atoms with Crippen LogP contribution in [0.25, 0.3) is 93.3 Å². The van der Waals surface area contributed by atoms with Gasteiger partial charge in [-0.15, -0.1) is 11.3 Å². The van der Waals surface area contributed by atoms with E-state index in [1.165, 1.54) is 48.0 Å². The molecule has 9 aromatic rings. The highest BCUT2D eigenvalue weighted by Crippen LogP contribution is 2.41. The number of hydrogen-bond donors (Lipinski definition) is 0. The van der Waals surface area contributed by atoms with Crippen molar-refractivity contribution in [2.24, 2.45) is 5.92 Å². The molecule has 1 aliphatic carbocycles. The van der Waals surface area contributed by atoms with Crippen LogP contribution < -0.4 is 0 Å². The molecule has 0 bridgehead atoms. The predicted molar refractivity (Wildman–Crippen MR) is 236 cm³/mol. The van der Waals surface area contributed by atoms with Crippen LogP contribution in [0.4, 0.5) is 0 Å². The summed E-state index contributed by atoms with van der Waals surface area (Å²) in [6.45, 7) is 2.26. The van der Waals surface area contributed by atoms with Gasteiger partial charge in [-0.2, -0.15) is 0 Å². The standard InChI is InChI=1S/C52H37N3S/c1-34-13-9-19-41(31-34)43-21-5-6-23-47(43)52-54-50(36-14-3-2-4-15-36)53-51(55-52)37-29-27-35(28-30-37)38-16-10-17-39(32-38)40-18-11-20-42(33-40)44-24-12-25-46-45-22-7-8-26-48(45)56-49(44)46/h2-12,14-34H,13H2,1H3. The van der Waals surface area contributed by atoms with E-state index in [0.29, 0.717) is 23.4 Å². The molecule has 3 nitrogen and oxygen atoms in total. The Hall–Kier alpha value is -6.75. The number of rotatable bonds is 7. The van der Waals surface area contributed by atoms with Crippen LogP contribution in [0.5, 0.6) is 0 Å². The Bertz CT molecular complexity index is 2960. The molecule has 1 unspecified atom stereocenters. The SMILES string of the molecule is CC1C=C(c2ccccc2-c2nc(-c3ccccc3)nc(-c3ccc(-c4cccc(-c5cccc(-c6cccc7c6sc6ccccc67)c5)c4)cc3)n2)C=CC1. The third kappa shape index (κ3) is 6.44. The van der Waals surface area contributed by atoms with Crippen LogP contribution in [-0.2, 0) is 0 Å². The molecule has 10 rings (SSSR count). The van der Waals surface area contributed by atoms with E-state index in [9.17, 15) is 0 Å². The zero-order valence-electron chi connectivity index (χ0n) is 30.9. The third-order valence-corrected chi connectivity index (χ3v) is 11.9. The van der Waals surface area contributed by atoms with Gasteiger partial charge in [0.1, 0.15) is 0 Å². The van der Waals surface area contributed by atoms with Crippen LogP contribution in [0.15, 0.2) is 188 Å². The first kappa shape index (κ1) is 33.8. The Balaban J connectivity index is 0.993. The first-order valence-electron chi connectivity index (χ1n) is 19.2. The summed E-state index contributed by atoms with van der Waals surface area (Å²) >= 11 is 1.87. The number of hydrogen-bond acceptors (Lipinski definition) is 4. The van der Waals surface area contributed by atoms with Crippen LogP contribution in [0, 0.1) is 5.92 Å². The fourth-order valence-electron chi connectivity index (χ4n) is 7.82. The maximum atomic E-state index is 5.12. The van der Waals surface area contributed by atoms with Crippen molar-refractivity contribution >= 4 is 37.1 Å². The zero-order chi connectivity index (χ0) is 37.4. The maximum absolute atomic E-state index is 5.12. The molecule has 0 amide bonds. The van der Waals surface area contributed by atoms with Gasteiger partial charge in [-0.1, -0.05) is 177 Å². The van der Waals surface area contributed by atoms with Crippen LogP contribution in [0.1, 0.15) is 18.9 Å². The van der Waals surface area contributed by atoms with E-state index in [1.54, 1.807) is 0 Å². The molecule has 0 N–H and O–H groups in total. The maximum Gasteiger partial charge on any atom is 0.164 e. The van der Waals surface area contributed by atoms with Gasteiger partial charge in [0.15, 0.2) is 17.5 Å². The molecule has 266 valence electrons. The minimum absolute atomic E-state index is 0.481. The van der Waals surface area contributed by atoms with Crippen LogP contribution in [-0.4, -0.2) is 15.0 Å². The van der Waals surface area contributed by atoms with Gasteiger partial charge in [0.2, 0.25) is 0 Å². The molecule has 2 heterocycles. The van der Waals surface area contributed by atoms with Crippen molar-refractivity contribution in [2.45, 2.75) is 13.3 Å². The molecular formula is C52H37N3S. The van der Waals surface area contributed by atoms with Gasteiger partial charge >= 0.3 is 0 Å². The summed E-state index contributed by atoms with van der Waals surface area (Å²) in [5.41, 5.74) is 12.4. The second kappa shape index (κ2) is 14.5. The summed E-state index contributed by atoms with van der Waals surface area (Å²) in [4.78, 5) is 15.2. The topological polar surface area (TPSA) is 38.7 Å². The molecule has 0 spiro atoms. The Morgan fingerprint density at radius 2 is 0.982 bits per heavy atom. The molecule has 2 aromatic heterocycles. The normalized spacial score (nSPS) is 13.9. The summed E-state index contributed by atoms with van der Waals surface area (Å²) in [5, 5.41) is 2.64. The lowest BCUT2D eigenvalue weighted by molar-refractivity contribution is 0.740. The van der Waals surface area contributed by atoms with Crippen LogP contribution in [0.3, 0.4) is 0 Å². The third-order valence-electron chi connectivity index (χ3n) is 10.7. The summed E-state index contributed by atoms with van der Waals surface area (Å²) in [6.07, 6.45) is 7.87. The largest absolute Gasteiger partial charge is 0.208 e. The van der Waals surface area contributed by atoms with Gasteiger partial charge in [-0.05, 0) is 75.1 Å². The van der Waals surface area contributed by atoms with Gasteiger partial charge in [0.05, 0.1) is 0 Å². The Labute approximate surface area is 331 Å². The van der Waals surface area contributed by atoms with E-state index in [-0.39, 0.29) is 0 Å². The van der Waals surface area contributed by atoms with Gasteiger partial charge in [-0.25, -0.2) is 15.0 Å². The number of nitrogens with zero attached hydrogens (tertiary/aromatic N) is 3. The fraction of sp³-hybridized carbons (Fsp3) is 0.0577. The summed E-state index contributed by atoms with van der Waals surface area (Å²) in [6, 6.07) is 60.3. The molecule has 0 fully saturated rings. The highest BCUT2D eigenvalue weighted by molar-refractivity contribution is 7.26. The monoisotopic (exact) mass is 735 g/mol. The number of benzene rings is 7. The molecule has 56 heavy (non-hydrogen) atoms. The fourth-order valence-corrected chi connectivity index (χ4v) is 9.06. The highest BCUT2D eigenvalue weighted by atomic mass is 32.1. The smallest absolute Gasteiger partial charge is 0.164 e. The van der Waals surface area contributed by atoms with Gasteiger partial charge < -0.3 is 0 Å². The number of allylic oxidation sites excluding steroid dienone is 4. The van der Waals surface area contributed by atoms with E-state index in [4.69, 9.17) is 15.0 Å². The summed E-state index contributed by atoms with van der Waals surface area (Å²) < 4.78 is 2.65. The van der Waals surface area contributed by atoms with E-state index >= 15 is 0 Å². The van der Waals surface area contributed by atoms with Crippen molar-refractivity contribution in [3.8, 4) is 67.5 Å². The van der Waals surface area contributed by atoms with Crippen molar-refractivity contribution in [1.29, 1.82) is 0 Å². The zero-order valence-corrected chi connectivity index (χ0v) is 31.7. The molecule has 7 aromatic carbocycles. The Morgan fingerprint density at radius 1 is 0.446 bits per heavy atom. The molecule has 0 radical (unpaired) electrons. The average Bonchev–Trinajstić information content (AvgIpc) is 3.66. The minimum Gasteiger partial charge on any atom is -0.208 e. The van der Waals surface area contributed by atoms with E-state index in [1.807, 2.05) is 29.5 Å². The highest BCUT2D eigenvalue weighted by Gasteiger charge is 2.18. The van der Waals surface area contributed by atoms with Crippen molar-refractivity contribution in [1.82, 2.24) is 15.0 Å². The molecule has 0 saturated carbocycles. The van der Waals surface area contributed by atoms with Crippen molar-refractivity contribution in [2.75, 3.05) is 0 Å². The molecule has 1 atom stereocenters. The molecule has 4 heteroatoms. The van der Waals surface area contributed by atoms with E-state index < -0.39 is 0 Å². The van der Waals surface area contributed by atoms with Crippen molar-refractivity contribution in [3.05, 3.63) is 194 Å². The molecule has 0 saturated heterocycles. The van der Waals surface area contributed by atoms with E-state index in [0.717, 1.165) is 39.8 Å². The number of aromatic nitrogens is 3.